The van der Waals surface area contributed by atoms with Crippen LogP contribution < -0.4 is 5.73 Å². The normalized spacial score (nSPS) is 18.0. The molecule has 4 N–H and O–H groups in total. The van der Waals surface area contributed by atoms with E-state index >= 15 is 0 Å². The zero-order valence-electron chi connectivity index (χ0n) is 34.6. The van der Waals surface area contributed by atoms with Gasteiger partial charge in [-0.15, -0.1) is 0 Å². The van der Waals surface area contributed by atoms with E-state index in [1.807, 2.05) is 0 Å². The van der Waals surface area contributed by atoms with Crippen LogP contribution in [0.15, 0.2) is 72.9 Å². The predicted octanol–water partition coefficient (Wildman–Crippen LogP) is 9.93. The van der Waals surface area contributed by atoms with Gasteiger partial charge in [-0.05, 0) is 83.5 Å². The Morgan fingerprint density at radius 1 is 0.667 bits per heavy atom. The molecule has 1 aliphatic heterocycles. The highest BCUT2D eigenvalue weighted by molar-refractivity contribution is 7.47. The fourth-order valence-corrected chi connectivity index (χ4v) is 6.24. The minimum Gasteiger partial charge on any atom is -0.480 e. The molecule has 0 bridgehead atoms. The van der Waals surface area contributed by atoms with E-state index < -0.39 is 51.1 Å². The maximum atomic E-state index is 12.7. The van der Waals surface area contributed by atoms with Gasteiger partial charge in [0.1, 0.15) is 12.6 Å². The minimum atomic E-state index is -4.75. The monoisotopic (exact) mass is 821 g/mol. The first kappa shape index (κ1) is 51.9. The number of esters is 2. The molecule has 0 aliphatic carbocycles. The van der Waals surface area contributed by atoms with Gasteiger partial charge >= 0.3 is 25.7 Å². The van der Waals surface area contributed by atoms with E-state index in [2.05, 4.69) is 91.3 Å². The lowest BCUT2D eigenvalue weighted by atomic mass is 10.1. The van der Waals surface area contributed by atoms with Crippen molar-refractivity contribution in [2.45, 2.75) is 167 Å². The van der Waals surface area contributed by atoms with Gasteiger partial charge in [0.2, 0.25) is 0 Å². The van der Waals surface area contributed by atoms with Crippen molar-refractivity contribution >= 4 is 25.7 Å². The lowest BCUT2D eigenvalue weighted by Gasteiger charge is -2.20. The number of epoxide rings is 1. The molecule has 0 spiro atoms. The third kappa shape index (κ3) is 32.5. The van der Waals surface area contributed by atoms with E-state index in [0.717, 1.165) is 77.0 Å². The summed E-state index contributed by atoms with van der Waals surface area (Å²) in [6.45, 7) is 2.55. The van der Waals surface area contributed by atoms with E-state index in [9.17, 15) is 23.8 Å². The van der Waals surface area contributed by atoms with Gasteiger partial charge < -0.3 is 29.9 Å². The summed E-state index contributed by atoms with van der Waals surface area (Å²) in [7, 11) is -4.75. The van der Waals surface area contributed by atoms with Crippen LogP contribution in [0.5, 0.6) is 0 Å². The molecule has 0 amide bonds. The van der Waals surface area contributed by atoms with Crippen LogP contribution >= 0.6 is 7.82 Å². The van der Waals surface area contributed by atoms with Crippen molar-refractivity contribution in [2.75, 3.05) is 19.8 Å². The number of phosphoric ester groups is 1. The summed E-state index contributed by atoms with van der Waals surface area (Å²) >= 11 is 0. The summed E-state index contributed by atoms with van der Waals surface area (Å²) in [5.41, 5.74) is 5.33. The van der Waals surface area contributed by atoms with E-state index in [0.29, 0.717) is 19.3 Å². The Hall–Kier alpha value is -3.12. The number of hydrogen-bond donors (Lipinski definition) is 3. The molecule has 3 unspecified atom stereocenters. The van der Waals surface area contributed by atoms with Crippen LogP contribution in [0.2, 0.25) is 0 Å². The first-order chi connectivity index (χ1) is 27.6. The van der Waals surface area contributed by atoms with Crippen LogP contribution in [-0.2, 0) is 42.2 Å². The third-order valence-corrected chi connectivity index (χ3v) is 9.81. The Morgan fingerprint density at radius 2 is 1.21 bits per heavy atom. The molecule has 5 atom stereocenters. The average Bonchev–Trinajstić information content (AvgIpc) is 3.94. The fourth-order valence-electron chi connectivity index (χ4n) is 5.46. The summed E-state index contributed by atoms with van der Waals surface area (Å²) in [6.07, 6.45) is 42.7. The first-order valence-electron chi connectivity index (χ1n) is 21.1. The van der Waals surface area contributed by atoms with Gasteiger partial charge in [0.05, 0.1) is 25.4 Å². The van der Waals surface area contributed by atoms with E-state index in [4.69, 9.17) is 29.6 Å². The Balaban J connectivity index is 2.38. The minimum absolute atomic E-state index is 0.0647. The Labute approximate surface area is 342 Å². The molecular weight excluding hydrogens is 749 g/mol. The maximum absolute atomic E-state index is 12.7. The summed E-state index contributed by atoms with van der Waals surface area (Å²) in [6, 6.07) is -1.54. The number of carboxylic acid groups (broad SMARTS) is 1. The number of ether oxygens (including phenoxy) is 3. The number of phosphoric acid groups is 1. The van der Waals surface area contributed by atoms with Gasteiger partial charge in [-0.3, -0.25) is 23.4 Å². The van der Waals surface area contributed by atoms with Crippen LogP contribution in [0, 0.1) is 0 Å². The van der Waals surface area contributed by atoms with Crippen LogP contribution in [0.1, 0.15) is 142 Å². The molecule has 12 nitrogen and oxygen atoms in total. The number of carbonyl (C=O) groups is 3. The quantitative estimate of drug-likeness (QED) is 0.0177. The number of aliphatic carboxylic acids is 1. The first-order valence-corrected chi connectivity index (χ1v) is 22.6. The average molecular weight is 822 g/mol. The van der Waals surface area contributed by atoms with E-state index in [1.54, 1.807) is 0 Å². The zero-order valence-corrected chi connectivity index (χ0v) is 35.5. The van der Waals surface area contributed by atoms with Crippen molar-refractivity contribution in [1.29, 1.82) is 0 Å². The largest absolute Gasteiger partial charge is 0.480 e. The molecular formula is C44H72NO11P. The van der Waals surface area contributed by atoms with Crippen LogP contribution in [-0.4, -0.2) is 72.1 Å². The molecule has 57 heavy (non-hydrogen) atoms. The molecule has 0 aromatic heterocycles. The topological polar surface area (TPSA) is 184 Å². The van der Waals surface area contributed by atoms with Gasteiger partial charge in [-0.1, -0.05) is 119 Å². The van der Waals surface area contributed by atoms with Crippen molar-refractivity contribution in [3.63, 3.8) is 0 Å². The van der Waals surface area contributed by atoms with Gasteiger partial charge in [0.25, 0.3) is 0 Å². The molecule has 1 fully saturated rings. The molecule has 1 saturated heterocycles. The molecule has 324 valence electrons. The highest BCUT2D eigenvalue weighted by Crippen LogP contribution is 2.43. The number of unbranched alkanes of at least 4 members (excludes halogenated alkanes) is 8. The fraction of sp³-hybridized carbons (Fsp3) is 0.659. The zero-order chi connectivity index (χ0) is 41.8. The summed E-state index contributed by atoms with van der Waals surface area (Å²) in [5, 5.41) is 8.89. The van der Waals surface area contributed by atoms with Gasteiger partial charge in [0, 0.05) is 12.8 Å². The summed E-state index contributed by atoms with van der Waals surface area (Å²) < 4.78 is 38.4. The van der Waals surface area contributed by atoms with E-state index in [1.165, 1.54) is 19.3 Å². The number of rotatable bonds is 37. The second kappa shape index (κ2) is 34.9. The standard InChI is InChI=1S/C44H72NO11P/c1-3-5-7-9-11-13-15-17-18-19-21-23-25-27-29-33-42(46)52-35-38(36-53-57(50,51)54-37-39(45)44(48)49)55-43(47)34-30-32-41-40(56-41)31-28-26-24-22-20-16-14-12-10-8-6-4-2/h5,7,11-14,17-18,20,22,26,28,38-41H,3-4,6,8-10,15-16,19,21,23-25,27,29-37,45H2,1-2H3,(H,48,49)(H,50,51)/b7-5-,13-11-,14-12-,18-17-,22-20-,28-26-/t38-,39+,40?,41?/m1/s1. The van der Waals surface area contributed by atoms with Crippen LogP contribution in [0.25, 0.3) is 0 Å². The number of carboxylic acids is 1. The predicted molar refractivity (Wildman–Crippen MR) is 225 cm³/mol. The van der Waals surface area contributed by atoms with Gasteiger partial charge in [-0.2, -0.15) is 0 Å². The molecule has 0 aromatic rings. The van der Waals surface area contributed by atoms with Crippen LogP contribution in [0.3, 0.4) is 0 Å². The second-order valence-electron chi connectivity index (χ2n) is 14.1. The van der Waals surface area contributed by atoms with E-state index in [-0.39, 0.29) is 31.7 Å². The Morgan fingerprint density at radius 3 is 1.84 bits per heavy atom. The highest BCUT2D eigenvalue weighted by atomic mass is 31.2. The van der Waals surface area contributed by atoms with Crippen molar-refractivity contribution in [3.8, 4) is 0 Å². The second-order valence-corrected chi connectivity index (χ2v) is 15.6. The smallest absolute Gasteiger partial charge is 0.472 e. The molecule has 1 heterocycles. The molecule has 1 rings (SSSR count). The molecule has 0 saturated carbocycles. The molecule has 13 heteroatoms. The lowest BCUT2D eigenvalue weighted by Crippen LogP contribution is -2.34. The van der Waals surface area contributed by atoms with Gasteiger partial charge in [0.15, 0.2) is 6.10 Å². The lowest BCUT2D eigenvalue weighted by molar-refractivity contribution is -0.161. The number of carbonyl (C=O) groups excluding carboxylic acids is 2. The number of nitrogens with two attached hydrogens (primary N) is 1. The van der Waals surface area contributed by atoms with Crippen molar-refractivity contribution in [3.05, 3.63) is 72.9 Å². The molecule has 0 aromatic carbocycles. The van der Waals surface area contributed by atoms with Crippen molar-refractivity contribution in [1.82, 2.24) is 0 Å². The summed E-state index contributed by atoms with van der Waals surface area (Å²) in [4.78, 5) is 46.0. The number of hydrogen-bond acceptors (Lipinski definition) is 10. The highest BCUT2D eigenvalue weighted by Gasteiger charge is 2.37. The van der Waals surface area contributed by atoms with Crippen molar-refractivity contribution < 1.29 is 52.2 Å². The van der Waals surface area contributed by atoms with Crippen LogP contribution in [0.4, 0.5) is 0 Å². The SMILES string of the molecule is CC/C=C\C/C=C\C/C=C\CCCCCCCC(=O)OC[C@H](COP(=O)(O)OC[C@H](N)C(=O)O)OC(=O)CCCC1OC1C/C=C\C/C=C\C/C=C\CCCCC. The van der Waals surface area contributed by atoms with Crippen molar-refractivity contribution in [2.24, 2.45) is 5.73 Å². The third-order valence-electron chi connectivity index (χ3n) is 8.86. The summed E-state index contributed by atoms with van der Waals surface area (Å²) in [5.74, 6) is -2.50. The Bertz CT molecular complexity index is 1310. The Kier molecular flexibility index (Phi) is 31.8. The number of allylic oxidation sites excluding steroid dienone is 11. The maximum Gasteiger partial charge on any atom is 0.472 e. The van der Waals surface area contributed by atoms with Gasteiger partial charge in [-0.25, -0.2) is 4.57 Å². The molecule has 0 radical (unpaired) electrons. The molecule has 1 aliphatic rings.